The van der Waals surface area contributed by atoms with E-state index < -0.39 is 6.10 Å². The van der Waals surface area contributed by atoms with Crippen molar-refractivity contribution in [3.8, 4) is 0 Å². The van der Waals surface area contributed by atoms with Gasteiger partial charge < -0.3 is 14.2 Å². The van der Waals surface area contributed by atoms with Crippen LogP contribution in [0, 0.1) is 17.8 Å². The number of hydrogen-bond donors (Lipinski definition) is 0. The second-order valence-electron chi connectivity index (χ2n) is 21.1. The summed E-state index contributed by atoms with van der Waals surface area (Å²) in [6.45, 7) is 13.8. The van der Waals surface area contributed by atoms with Crippen LogP contribution in [0.4, 0.5) is 0 Å². The Morgan fingerprint density at radius 2 is 0.547 bits per heavy atom. The quantitative estimate of drug-likeness (QED) is 0.0344. The van der Waals surface area contributed by atoms with E-state index in [0.29, 0.717) is 19.3 Å². The molecule has 0 saturated heterocycles. The van der Waals surface area contributed by atoms with Gasteiger partial charge >= 0.3 is 17.9 Å². The van der Waals surface area contributed by atoms with Gasteiger partial charge in [0, 0.05) is 19.3 Å². The molecule has 380 valence electrons. The molecular formula is C58H112O6. The molecule has 0 aliphatic carbocycles. The van der Waals surface area contributed by atoms with Crippen molar-refractivity contribution in [3.05, 3.63) is 0 Å². The molecule has 0 saturated carbocycles. The summed E-state index contributed by atoms with van der Waals surface area (Å²) in [5.41, 5.74) is 0. The van der Waals surface area contributed by atoms with E-state index in [1.807, 2.05) is 0 Å². The van der Waals surface area contributed by atoms with Crippen molar-refractivity contribution < 1.29 is 28.6 Å². The van der Waals surface area contributed by atoms with Gasteiger partial charge in [-0.2, -0.15) is 0 Å². The van der Waals surface area contributed by atoms with Gasteiger partial charge in [-0.15, -0.1) is 0 Å². The lowest BCUT2D eigenvalue weighted by Crippen LogP contribution is -2.30. The van der Waals surface area contributed by atoms with Crippen LogP contribution in [-0.4, -0.2) is 37.2 Å². The van der Waals surface area contributed by atoms with Crippen molar-refractivity contribution in [3.63, 3.8) is 0 Å². The minimum absolute atomic E-state index is 0.0639. The van der Waals surface area contributed by atoms with Gasteiger partial charge in [-0.25, -0.2) is 0 Å². The highest BCUT2D eigenvalue weighted by molar-refractivity contribution is 5.71. The maximum absolute atomic E-state index is 12.8. The summed E-state index contributed by atoms with van der Waals surface area (Å²) in [6.07, 6.45) is 50.9. The van der Waals surface area contributed by atoms with Crippen molar-refractivity contribution >= 4 is 17.9 Å². The molecule has 0 aromatic rings. The first kappa shape index (κ1) is 62.4. The minimum atomic E-state index is -0.763. The first-order chi connectivity index (χ1) is 31.1. The maximum atomic E-state index is 12.8. The standard InChI is InChI=1S/C58H112O6/c1-7-54(6)46-40-34-28-21-17-13-9-11-15-19-23-31-37-43-49-58(61)64-55(51-63-57(60)48-42-36-30-25-24-27-33-39-45-53(4)5)50-62-56(59)47-41-35-29-22-18-14-10-8-12-16-20-26-32-38-44-52(2)3/h52-55H,7-51H2,1-6H3/t54?,55-/m1/s1. The van der Waals surface area contributed by atoms with Crippen LogP contribution in [0.3, 0.4) is 0 Å². The number of carbonyl (C=O) groups excluding carboxylic acids is 3. The average molecular weight is 906 g/mol. The fourth-order valence-electron chi connectivity index (χ4n) is 8.79. The van der Waals surface area contributed by atoms with Crippen molar-refractivity contribution in [1.29, 1.82) is 0 Å². The summed E-state index contributed by atoms with van der Waals surface area (Å²) >= 11 is 0. The third-order valence-electron chi connectivity index (χ3n) is 13.5. The highest BCUT2D eigenvalue weighted by Gasteiger charge is 2.19. The molecule has 0 bridgehead atoms. The lowest BCUT2D eigenvalue weighted by atomic mass is 9.99. The molecule has 0 rings (SSSR count). The Labute approximate surface area is 399 Å². The van der Waals surface area contributed by atoms with Crippen molar-refractivity contribution in [2.75, 3.05) is 13.2 Å². The minimum Gasteiger partial charge on any atom is -0.462 e. The third-order valence-corrected chi connectivity index (χ3v) is 13.5. The van der Waals surface area contributed by atoms with E-state index in [0.717, 1.165) is 75.5 Å². The summed E-state index contributed by atoms with van der Waals surface area (Å²) in [4.78, 5) is 38.1. The molecular weight excluding hydrogens is 793 g/mol. The molecule has 0 aromatic carbocycles. The number of esters is 3. The molecule has 0 radical (unpaired) electrons. The van der Waals surface area contributed by atoms with Gasteiger partial charge in [0.05, 0.1) is 0 Å². The van der Waals surface area contributed by atoms with Crippen molar-refractivity contribution in [1.82, 2.24) is 0 Å². The van der Waals surface area contributed by atoms with Crippen LogP contribution in [0.5, 0.6) is 0 Å². The molecule has 6 nitrogen and oxygen atoms in total. The molecule has 0 heterocycles. The smallest absolute Gasteiger partial charge is 0.306 e. The van der Waals surface area contributed by atoms with Crippen LogP contribution in [0.1, 0.15) is 318 Å². The molecule has 0 aliphatic rings. The van der Waals surface area contributed by atoms with E-state index in [1.54, 1.807) is 0 Å². The van der Waals surface area contributed by atoms with Crippen LogP contribution in [-0.2, 0) is 28.6 Å². The lowest BCUT2D eigenvalue weighted by molar-refractivity contribution is -0.167. The monoisotopic (exact) mass is 905 g/mol. The molecule has 64 heavy (non-hydrogen) atoms. The molecule has 2 atom stereocenters. The van der Waals surface area contributed by atoms with Crippen LogP contribution in [0.15, 0.2) is 0 Å². The summed E-state index contributed by atoms with van der Waals surface area (Å²) in [7, 11) is 0. The van der Waals surface area contributed by atoms with Crippen LogP contribution >= 0.6 is 0 Å². The number of rotatable bonds is 51. The number of carbonyl (C=O) groups is 3. The predicted octanol–water partition coefficient (Wildman–Crippen LogP) is 18.7. The van der Waals surface area contributed by atoms with Crippen molar-refractivity contribution in [2.45, 2.75) is 324 Å². The highest BCUT2D eigenvalue weighted by Crippen LogP contribution is 2.19. The molecule has 0 fully saturated rings. The zero-order valence-electron chi connectivity index (χ0n) is 44.1. The van der Waals surface area contributed by atoms with E-state index in [4.69, 9.17) is 14.2 Å². The zero-order chi connectivity index (χ0) is 47.0. The normalized spacial score (nSPS) is 12.6. The summed E-state index contributed by atoms with van der Waals surface area (Å²) in [5, 5.41) is 0. The molecule has 0 aromatic heterocycles. The average Bonchev–Trinajstić information content (AvgIpc) is 3.27. The van der Waals surface area contributed by atoms with Crippen LogP contribution in [0.25, 0.3) is 0 Å². The van der Waals surface area contributed by atoms with E-state index in [-0.39, 0.29) is 31.1 Å². The number of ether oxygens (including phenoxy) is 3. The summed E-state index contributed by atoms with van der Waals surface area (Å²) < 4.78 is 16.9. The first-order valence-corrected chi connectivity index (χ1v) is 28.6. The summed E-state index contributed by atoms with van der Waals surface area (Å²) in [6, 6.07) is 0. The fraction of sp³-hybridized carbons (Fsp3) is 0.948. The largest absolute Gasteiger partial charge is 0.462 e. The molecule has 0 aliphatic heterocycles. The van der Waals surface area contributed by atoms with Gasteiger partial charge in [0.15, 0.2) is 6.10 Å². The van der Waals surface area contributed by atoms with Crippen LogP contribution < -0.4 is 0 Å². The Kier molecular flexibility index (Phi) is 48.1. The van der Waals surface area contributed by atoms with E-state index in [2.05, 4.69) is 41.5 Å². The first-order valence-electron chi connectivity index (χ1n) is 28.6. The lowest BCUT2D eigenvalue weighted by Gasteiger charge is -2.18. The summed E-state index contributed by atoms with van der Waals surface area (Å²) in [5.74, 6) is 1.69. The predicted molar refractivity (Wildman–Crippen MR) is 275 cm³/mol. The van der Waals surface area contributed by atoms with Crippen molar-refractivity contribution in [2.24, 2.45) is 17.8 Å². The van der Waals surface area contributed by atoms with Gasteiger partial charge in [0.25, 0.3) is 0 Å². The number of hydrogen-bond acceptors (Lipinski definition) is 6. The Balaban J connectivity index is 4.28. The molecule has 6 heteroatoms. The Bertz CT molecular complexity index is 993. The third kappa shape index (κ3) is 49.8. The maximum Gasteiger partial charge on any atom is 0.306 e. The molecule has 0 amide bonds. The van der Waals surface area contributed by atoms with Gasteiger partial charge in [-0.1, -0.05) is 279 Å². The second kappa shape index (κ2) is 49.3. The van der Waals surface area contributed by atoms with E-state index >= 15 is 0 Å². The second-order valence-corrected chi connectivity index (χ2v) is 21.1. The highest BCUT2D eigenvalue weighted by atomic mass is 16.6. The van der Waals surface area contributed by atoms with Gasteiger partial charge in [0.1, 0.15) is 13.2 Å². The Morgan fingerprint density at radius 1 is 0.312 bits per heavy atom. The van der Waals surface area contributed by atoms with E-state index in [9.17, 15) is 14.4 Å². The molecule has 0 N–H and O–H groups in total. The van der Waals surface area contributed by atoms with E-state index in [1.165, 1.54) is 199 Å². The van der Waals surface area contributed by atoms with Gasteiger partial charge in [-0.3, -0.25) is 14.4 Å². The Hall–Kier alpha value is -1.59. The SMILES string of the molecule is CCC(C)CCCCCCCCCCCCCCCCC(=O)O[C@H](COC(=O)CCCCCCCCCCCCCCCCC(C)C)COC(=O)CCCCCCCCCCC(C)C. The van der Waals surface area contributed by atoms with Gasteiger partial charge in [-0.05, 0) is 37.0 Å². The molecule has 0 spiro atoms. The number of unbranched alkanes of at least 4 members (excludes halogenated alkanes) is 33. The fourth-order valence-corrected chi connectivity index (χ4v) is 8.79. The zero-order valence-corrected chi connectivity index (χ0v) is 44.1. The molecule has 1 unspecified atom stereocenters. The van der Waals surface area contributed by atoms with Crippen LogP contribution in [0.2, 0.25) is 0 Å². The topological polar surface area (TPSA) is 78.9 Å². The Morgan fingerprint density at radius 3 is 0.812 bits per heavy atom. The van der Waals surface area contributed by atoms with Gasteiger partial charge in [0.2, 0.25) is 0 Å².